The maximum absolute atomic E-state index is 5.73. The molecule has 0 aromatic heterocycles. The van der Waals surface area contributed by atoms with Crippen molar-refractivity contribution in [3.63, 3.8) is 0 Å². The van der Waals surface area contributed by atoms with Gasteiger partial charge in [-0.25, -0.2) is 0 Å². The van der Waals surface area contributed by atoms with E-state index in [9.17, 15) is 0 Å². The number of hydrogen-bond donors (Lipinski definition) is 2. The molecular formula is C9H15ClN2. The first-order valence-electron chi connectivity index (χ1n) is 3.76. The van der Waals surface area contributed by atoms with Gasteiger partial charge in [-0.2, -0.15) is 0 Å². The summed E-state index contributed by atoms with van der Waals surface area (Å²) in [4.78, 5) is 0. The van der Waals surface area contributed by atoms with E-state index in [0.29, 0.717) is 5.92 Å². The standard InChI is InChI=1S/C9H14N2.ClH/c1-6(2)8-5-7(10)3-4-9(8)11;/h3-6H,10-11H2,1-2H3;1H. The Morgan fingerprint density at radius 2 is 1.75 bits per heavy atom. The second kappa shape index (κ2) is 4.21. The van der Waals surface area contributed by atoms with Crippen LogP contribution in [0.2, 0.25) is 0 Å². The molecule has 0 aliphatic heterocycles. The van der Waals surface area contributed by atoms with Crippen LogP contribution in [0.1, 0.15) is 25.3 Å². The lowest BCUT2D eigenvalue weighted by Gasteiger charge is -2.09. The molecule has 0 saturated heterocycles. The minimum Gasteiger partial charge on any atom is -0.399 e. The lowest BCUT2D eigenvalue weighted by molar-refractivity contribution is 0.870. The minimum atomic E-state index is 0. The van der Waals surface area contributed by atoms with Gasteiger partial charge >= 0.3 is 0 Å². The van der Waals surface area contributed by atoms with Gasteiger partial charge in [0.25, 0.3) is 0 Å². The molecule has 1 rings (SSSR count). The number of nitrogen functional groups attached to an aromatic ring is 2. The zero-order valence-electron chi connectivity index (χ0n) is 7.37. The molecule has 68 valence electrons. The van der Waals surface area contributed by atoms with Crippen LogP contribution in [0.3, 0.4) is 0 Å². The molecule has 0 aliphatic carbocycles. The van der Waals surface area contributed by atoms with Crippen LogP contribution >= 0.6 is 12.4 Å². The number of anilines is 2. The van der Waals surface area contributed by atoms with Crippen molar-refractivity contribution in [2.24, 2.45) is 0 Å². The molecule has 2 nitrogen and oxygen atoms in total. The average Bonchev–Trinajstić information content (AvgIpc) is 1.94. The van der Waals surface area contributed by atoms with Crippen molar-refractivity contribution in [1.29, 1.82) is 0 Å². The highest BCUT2D eigenvalue weighted by Crippen LogP contribution is 2.23. The third kappa shape index (κ3) is 2.31. The Morgan fingerprint density at radius 3 is 2.17 bits per heavy atom. The molecule has 1 aromatic rings. The molecule has 12 heavy (non-hydrogen) atoms. The number of nitrogens with two attached hydrogens (primary N) is 2. The fraction of sp³-hybridized carbons (Fsp3) is 0.333. The van der Waals surface area contributed by atoms with Crippen LogP contribution < -0.4 is 11.5 Å². The van der Waals surface area contributed by atoms with Crippen LogP contribution in [0.25, 0.3) is 0 Å². The van der Waals surface area contributed by atoms with E-state index in [4.69, 9.17) is 11.5 Å². The van der Waals surface area contributed by atoms with Gasteiger partial charge in [0.15, 0.2) is 0 Å². The highest BCUT2D eigenvalue weighted by atomic mass is 35.5. The third-order valence-corrected chi connectivity index (χ3v) is 1.73. The van der Waals surface area contributed by atoms with E-state index in [1.807, 2.05) is 18.2 Å². The van der Waals surface area contributed by atoms with Gasteiger partial charge in [-0.05, 0) is 29.7 Å². The van der Waals surface area contributed by atoms with E-state index in [2.05, 4.69) is 13.8 Å². The van der Waals surface area contributed by atoms with Gasteiger partial charge in [0.1, 0.15) is 0 Å². The lowest BCUT2D eigenvalue weighted by Crippen LogP contribution is -1.97. The molecule has 0 spiro atoms. The van der Waals surface area contributed by atoms with Crippen LogP contribution in [-0.2, 0) is 0 Å². The lowest BCUT2D eigenvalue weighted by atomic mass is 10.0. The van der Waals surface area contributed by atoms with Crippen LogP contribution in [0, 0.1) is 0 Å². The quantitative estimate of drug-likeness (QED) is 0.662. The molecule has 0 aliphatic rings. The number of halogens is 1. The van der Waals surface area contributed by atoms with Gasteiger partial charge in [0, 0.05) is 11.4 Å². The molecule has 0 fully saturated rings. The Labute approximate surface area is 79.4 Å². The average molecular weight is 187 g/mol. The molecule has 0 saturated carbocycles. The molecular weight excluding hydrogens is 172 g/mol. The van der Waals surface area contributed by atoms with Crippen molar-refractivity contribution in [3.8, 4) is 0 Å². The van der Waals surface area contributed by atoms with Gasteiger partial charge in [0.05, 0.1) is 0 Å². The minimum absolute atomic E-state index is 0. The SMILES string of the molecule is CC(C)c1cc(N)ccc1N.Cl. The first-order chi connectivity index (χ1) is 5.11. The predicted octanol–water partition coefficient (Wildman–Crippen LogP) is 2.40. The van der Waals surface area contributed by atoms with Gasteiger partial charge in [-0.3, -0.25) is 0 Å². The summed E-state index contributed by atoms with van der Waals surface area (Å²) in [6.45, 7) is 4.20. The number of rotatable bonds is 1. The maximum atomic E-state index is 5.73. The molecule has 4 N–H and O–H groups in total. The Hall–Kier alpha value is -0.890. The summed E-state index contributed by atoms with van der Waals surface area (Å²) >= 11 is 0. The second-order valence-corrected chi connectivity index (χ2v) is 3.04. The largest absolute Gasteiger partial charge is 0.399 e. The van der Waals surface area contributed by atoms with Crippen LogP contribution in [0.4, 0.5) is 11.4 Å². The molecule has 0 unspecified atom stereocenters. The fourth-order valence-corrected chi connectivity index (χ4v) is 1.09. The summed E-state index contributed by atoms with van der Waals surface area (Å²) < 4.78 is 0. The molecule has 1 aromatic carbocycles. The summed E-state index contributed by atoms with van der Waals surface area (Å²) in [5.41, 5.74) is 14.1. The summed E-state index contributed by atoms with van der Waals surface area (Å²) in [5.74, 6) is 0.443. The molecule has 0 radical (unpaired) electrons. The Balaban J connectivity index is 0.00000121. The van der Waals surface area contributed by atoms with Gasteiger partial charge in [-0.1, -0.05) is 13.8 Å². The predicted molar refractivity (Wildman–Crippen MR) is 56.6 cm³/mol. The van der Waals surface area contributed by atoms with Crippen molar-refractivity contribution in [3.05, 3.63) is 23.8 Å². The number of hydrogen-bond acceptors (Lipinski definition) is 2. The van der Waals surface area contributed by atoms with Crippen LogP contribution in [0.5, 0.6) is 0 Å². The topological polar surface area (TPSA) is 52.0 Å². The normalized spacial score (nSPS) is 9.58. The Kier molecular flexibility index (Phi) is 3.90. The van der Waals surface area contributed by atoms with Crippen LogP contribution in [-0.4, -0.2) is 0 Å². The molecule has 0 heterocycles. The first kappa shape index (κ1) is 11.1. The summed E-state index contributed by atoms with van der Waals surface area (Å²) in [7, 11) is 0. The van der Waals surface area contributed by atoms with Gasteiger partial charge < -0.3 is 11.5 Å². The molecule has 0 bridgehead atoms. The van der Waals surface area contributed by atoms with Crippen molar-refractivity contribution < 1.29 is 0 Å². The van der Waals surface area contributed by atoms with Gasteiger partial charge in [-0.15, -0.1) is 12.4 Å². The van der Waals surface area contributed by atoms with Crippen LogP contribution in [0.15, 0.2) is 18.2 Å². The van der Waals surface area contributed by atoms with E-state index in [1.165, 1.54) is 0 Å². The molecule has 0 amide bonds. The Bertz CT molecular complexity index is 259. The highest BCUT2D eigenvalue weighted by Gasteiger charge is 2.02. The maximum Gasteiger partial charge on any atom is 0.0350 e. The highest BCUT2D eigenvalue weighted by molar-refractivity contribution is 5.85. The summed E-state index contributed by atoms with van der Waals surface area (Å²) in [5, 5.41) is 0. The molecule has 3 heteroatoms. The second-order valence-electron chi connectivity index (χ2n) is 3.04. The fourth-order valence-electron chi connectivity index (χ4n) is 1.09. The van der Waals surface area contributed by atoms with E-state index in [1.54, 1.807) is 0 Å². The van der Waals surface area contributed by atoms with E-state index in [-0.39, 0.29) is 12.4 Å². The summed E-state index contributed by atoms with van der Waals surface area (Å²) in [6, 6.07) is 5.60. The summed E-state index contributed by atoms with van der Waals surface area (Å²) in [6.07, 6.45) is 0. The van der Waals surface area contributed by atoms with Gasteiger partial charge in [0.2, 0.25) is 0 Å². The van der Waals surface area contributed by atoms with Crippen molar-refractivity contribution >= 4 is 23.8 Å². The van der Waals surface area contributed by atoms with E-state index < -0.39 is 0 Å². The van der Waals surface area contributed by atoms with Crippen molar-refractivity contribution in [1.82, 2.24) is 0 Å². The van der Waals surface area contributed by atoms with Crippen molar-refractivity contribution in [2.75, 3.05) is 11.5 Å². The Morgan fingerprint density at radius 1 is 1.17 bits per heavy atom. The third-order valence-electron chi connectivity index (χ3n) is 1.73. The first-order valence-corrected chi connectivity index (χ1v) is 3.76. The zero-order valence-corrected chi connectivity index (χ0v) is 8.19. The van der Waals surface area contributed by atoms with E-state index >= 15 is 0 Å². The number of benzene rings is 1. The zero-order chi connectivity index (χ0) is 8.43. The van der Waals surface area contributed by atoms with E-state index in [0.717, 1.165) is 16.9 Å². The smallest absolute Gasteiger partial charge is 0.0350 e. The van der Waals surface area contributed by atoms with Crippen molar-refractivity contribution in [2.45, 2.75) is 19.8 Å². The monoisotopic (exact) mass is 186 g/mol. The molecule has 0 atom stereocenters.